The molecule has 0 spiro atoms. The third-order valence-corrected chi connectivity index (χ3v) is 6.02. The third-order valence-electron chi connectivity index (χ3n) is 6.02. The van der Waals surface area contributed by atoms with Crippen LogP contribution in [0.15, 0.2) is 24.3 Å². The van der Waals surface area contributed by atoms with Gasteiger partial charge in [0.1, 0.15) is 5.82 Å². The van der Waals surface area contributed by atoms with Gasteiger partial charge in [-0.15, -0.1) is 0 Å². The summed E-state index contributed by atoms with van der Waals surface area (Å²) in [5.41, 5.74) is 1.18. The van der Waals surface area contributed by atoms with Crippen LogP contribution < -0.4 is 0 Å². The average molecular weight is 330 g/mol. The van der Waals surface area contributed by atoms with Crippen molar-refractivity contribution in [3.05, 3.63) is 35.6 Å². The number of rotatable bonds is 2. The Kier molecular flexibility index (Phi) is 3.82. The largest absolute Gasteiger partial charge is 0.345 e. The van der Waals surface area contributed by atoms with Crippen LogP contribution in [0.2, 0.25) is 0 Å². The molecule has 4 nitrogen and oxygen atoms in total. The van der Waals surface area contributed by atoms with E-state index in [1.807, 2.05) is 12.1 Å². The first-order valence-corrected chi connectivity index (χ1v) is 8.84. The second kappa shape index (κ2) is 5.87. The number of amides is 2. The molecule has 1 aromatic rings. The van der Waals surface area contributed by atoms with E-state index in [4.69, 9.17) is 0 Å². The van der Waals surface area contributed by atoms with Crippen LogP contribution in [0.25, 0.3) is 0 Å². The summed E-state index contributed by atoms with van der Waals surface area (Å²) in [5, 5.41) is 0. The maximum atomic E-state index is 13.1. The Labute approximate surface area is 141 Å². The van der Waals surface area contributed by atoms with Crippen molar-refractivity contribution in [1.82, 2.24) is 9.80 Å². The number of carbonyl (C=O) groups excluding carboxylic acids is 2. The molecule has 4 rings (SSSR count). The molecular formula is C19H23FN2O2. The fourth-order valence-electron chi connectivity index (χ4n) is 4.78. The lowest BCUT2D eigenvalue weighted by atomic mass is 9.84. The van der Waals surface area contributed by atoms with Crippen molar-refractivity contribution in [1.29, 1.82) is 0 Å². The number of halogens is 1. The molecule has 0 saturated carbocycles. The van der Waals surface area contributed by atoms with Gasteiger partial charge < -0.3 is 9.80 Å². The van der Waals surface area contributed by atoms with Gasteiger partial charge in [0.25, 0.3) is 0 Å². The molecule has 0 aromatic heterocycles. The van der Waals surface area contributed by atoms with Crippen LogP contribution in [0.4, 0.5) is 4.39 Å². The van der Waals surface area contributed by atoms with Crippen molar-refractivity contribution < 1.29 is 14.0 Å². The molecule has 3 aliphatic rings. The van der Waals surface area contributed by atoms with Gasteiger partial charge in [0.05, 0.1) is 5.92 Å². The lowest BCUT2D eigenvalue weighted by Gasteiger charge is -2.40. The Morgan fingerprint density at radius 2 is 1.75 bits per heavy atom. The first-order valence-electron chi connectivity index (χ1n) is 8.84. The van der Waals surface area contributed by atoms with Crippen LogP contribution >= 0.6 is 0 Å². The van der Waals surface area contributed by atoms with E-state index in [9.17, 15) is 14.0 Å². The quantitative estimate of drug-likeness (QED) is 0.836. The van der Waals surface area contributed by atoms with Crippen LogP contribution in [0.3, 0.4) is 0 Å². The summed E-state index contributed by atoms with van der Waals surface area (Å²) in [6, 6.07) is 7.34. The molecule has 3 aliphatic heterocycles. The van der Waals surface area contributed by atoms with E-state index < -0.39 is 0 Å². The first kappa shape index (κ1) is 15.6. The summed E-state index contributed by atoms with van der Waals surface area (Å²) in [4.78, 5) is 28.4. The molecule has 2 bridgehead atoms. The highest BCUT2D eigenvalue weighted by molar-refractivity contribution is 5.89. The van der Waals surface area contributed by atoms with Crippen LogP contribution in [0, 0.1) is 11.7 Å². The van der Waals surface area contributed by atoms with Crippen molar-refractivity contribution in [3.8, 4) is 0 Å². The van der Waals surface area contributed by atoms with Crippen LogP contribution in [-0.2, 0) is 9.59 Å². The number of fused-ring (bicyclic) bond motifs is 2. The van der Waals surface area contributed by atoms with E-state index in [0.29, 0.717) is 18.9 Å². The number of benzene rings is 1. The Morgan fingerprint density at radius 1 is 1.12 bits per heavy atom. The Balaban J connectivity index is 1.48. The van der Waals surface area contributed by atoms with Gasteiger partial charge in [-0.3, -0.25) is 9.59 Å². The molecule has 3 heterocycles. The minimum atomic E-state index is -0.204. The normalized spacial score (nSPS) is 32.5. The van der Waals surface area contributed by atoms with Crippen molar-refractivity contribution in [2.75, 3.05) is 13.6 Å². The van der Waals surface area contributed by atoms with E-state index in [1.165, 1.54) is 17.7 Å². The second-order valence-corrected chi connectivity index (χ2v) is 7.53. The number of likely N-dealkylation sites (tertiary alicyclic amines) is 1. The topological polar surface area (TPSA) is 40.6 Å². The van der Waals surface area contributed by atoms with Gasteiger partial charge in [0, 0.05) is 32.1 Å². The molecule has 3 atom stereocenters. The van der Waals surface area contributed by atoms with Gasteiger partial charge in [-0.2, -0.15) is 0 Å². The number of nitrogens with zero attached hydrogens (tertiary/aromatic N) is 2. The maximum Gasteiger partial charge on any atom is 0.228 e. The molecule has 128 valence electrons. The fraction of sp³-hybridized carbons (Fsp3) is 0.579. The van der Waals surface area contributed by atoms with Crippen molar-refractivity contribution in [2.24, 2.45) is 5.92 Å². The number of piperidine rings is 1. The van der Waals surface area contributed by atoms with Crippen LogP contribution in [0.1, 0.15) is 43.6 Å². The zero-order valence-corrected chi connectivity index (χ0v) is 14.0. The molecule has 0 aliphatic carbocycles. The summed E-state index contributed by atoms with van der Waals surface area (Å²) >= 11 is 0. The van der Waals surface area contributed by atoms with E-state index >= 15 is 0 Å². The lowest BCUT2D eigenvalue weighted by molar-refractivity contribution is -0.140. The van der Waals surface area contributed by atoms with Gasteiger partial charge >= 0.3 is 0 Å². The van der Waals surface area contributed by atoms with Crippen molar-refractivity contribution >= 4 is 11.8 Å². The summed E-state index contributed by atoms with van der Waals surface area (Å²) in [6.45, 7) is 0.551. The molecule has 3 saturated heterocycles. The molecule has 3 unspecified atom stereocenters. The summed E-state index contributed by atoms with van der Waals surface area (Å²) in [5.74, 6) is 0.261. The molecule has 2 amide bonds. The molecule has 0 N–H and O–H groups in total. The van der Waals surface area contributed by atoms with E-state index in [2.05, 4.69) is 4.90 Å². The van der Waals surface area contributed by atoms with Crippen LogP contribution in [-0.4, -0.2) is 47.3 Å². The molecule has 3 fully saturated rings. The summed E-state index contributed by atoms with van der Waals surface area (Å²) in [7, 11) is 1.77. The van der Waals surface area contributed by atoms with Gasteiger partial charge in [-0.05, 0) is 49.3 Å². The van der Waals surface area contributed by atoms with E-state index in [1.54, 1.807) is 11.9 Å². The first-order chi connectivity index (χ1) is 11.5. The SMILES string of the molecule is CN1CC(C(=O)N2C3CCC2CC(c2ccc(F)cc2)C3)CC1=O. The molecular weight excluding hydrogens is 307 g/mol. The average Bonchev–Trinajstić information content (AvgIpc) is 3.04. The smallest absolute Gasteiger partial charge is 0.228 e. The van der Waals surface area contributed by atoms with Gasteiger partial charge in [0.2, 0.25) is 11.8 Å². The van der Waals surface area contributed by atoms with Gasteiger partial charge in [-0.1, -0.05) is 12.1 Å². The minimum Gasteiger partial charge on any atom is -0.345 e. The highest BCUT2D eigenvalue weighted by atomic mass is 19.1. The van der Waals surface area contributed by atoms with Crippen molar-refractivity contribution in [2.45, 2.75) is 50.1 Å². The maximum absolute atomic E-state index is 13.1. The van der Waals surface area contributed by atoms with Crippen molar-refractivity contribution in [3.63, 3.8) is 0 Å². The molecule has 5 heteroatoms. The predicted octanol–water partition coefficient (Wildman–Crippen LogP) is 2.54. The van der Waals surface area contributed by atoms with E-state index in [-0.39, 0.29) is 35.6 Å². The standard InChI is InChI=1S/C19H23FN2O2/c1-21-11-14(10-18(21)23)19(24)22-16-6-7-17(22)9-13(8-16)12-2-4-15(20)5-3-12/h2-5,13-14,16-17H,6-11H2,1H3. The Hall–Kier alpha value is -1.91. The molecule has 1 aromatic carbocycles. The lowest BCUT2D eigenvalue weighted by Crippen LogP contribution is -2.48. The summed E-state index contributed by atoms with van der Waals surface area (Å²) in [6.07, 6.45) is 4.34. The Morgan fingerprint density at radius 3 is 2.29 bits per heavy atom. The Bertz CT molecular complexity index is 646. The van der Waals surface area contributed by atoms with Gasteiger partial charge in [-0.25, -0.2) is 4.39 Å². The minimum absolute atomic E-state index is 0.0712. The summed E-state index contributed by atoms with van der Waals surface area (Å²) < 4.78 is 13.1. The highest BCUT2D eigenvalue weighted by Gasteiger charge is 2.46. The highest BCUT2D eigenvalue weighted by Crippen LogP contribution is 2.44. The fourth-order valence-corrected chi connectivity index (χ4v) is 4.78. The third kappa shape index (κ3) is 2.60. The zero-order chi connectivity index (χ0) is 16.8. The number of carbonyl (C=O) groups is 2. The zero-order valence-electron chi connectivity index (χ0n) is 14.0. The second-order valence-electron chi connectivity index (χ2n) is 7.53. The number of hydrogen-bond acceptors (Lipinski definition) is 2. The monoisotopic (exact) mass is 330 g/mol. The number of hydrogen-bond donors (Lipinski definition) is 0. The predicted molar refractivity (Wildman–Crippen MR) is 87.8 cm³/mol. The molecule has 24 heavy (non-hydrogen) atoms. The van der Waals surface area contributed by atoms with Crippen LogP contribution in [0.5, 0.6) is 0 Å². The van der Waals surface area contributed by atoms with E-state index in [0.717, 1.165) is 25.7 Å². The van der Waals surface area contributed by atoms with Gasteiger partial charge in [0.15, 0.2) is 0 Å². The molecule has 0 radical (unpaired) electrons.